The van der Waals surface area contributed by atoms with E-state index in [1.54, 1.807) is 35.0 Å². The van der Waals surface area contributed by atoms with Crippen LogP contribution in [-0.4, -0.2) is 21.9 Å². The Hall–Kier alpha value is -3.60. The summed E-state index contributed by atoms with van der Waals surface area (Å²) < 4.78 is 7.51. The number of nitriles is 1. The number of hydrogen-bond acceptors (Lipinski definition) is 6. The Morgan fingerprint density at radius 1 is 1.28 bits per heavy atom. The maximum atomic E-state index is 12.8. The fourth-order valence-electron chi connectivity index (χ4n) is 3.25. The van der Waals surface area contributed by atoms with Gasteiger partial charge >= 0.3 is 0 Å². The van der Waals surface area contributed by atoms with Gasteiger partial charge in [0.1, 0.15) is 11.4 Å². The van der Waals surface area contributed by atoms with E-state index in [0.717, 1.165) is 5.56 Å². The predicted molar refractivity (Wildman–Crippen MR) is 106 cm³/mol. The monoisotopic (exact) mass is 395 g/mol. The highest BCUT2D eigenvalue weighted by atomic mass is 16.9. The fraction of sp³-hybridized carbons (Fsp3) is 0.333. The van der Waals surface area contributed by atoms with Crippen LogP contribution >= 0.6 is 0 Å². The molecular formula is C21H21N3O5. The summed E-state index contributed by atoms with van der Waals surface area (Å²) in [6, 6.07) is 10.7. The molecule has 1 aliphatic heterocycles. The van der Waals surface area contributed by atoms with Crippen molar-refractivity contribution in [3.63, 3.8) is 0 Å². The second kappa shape index (κ2) is 8.19. The van der Waals surface area contributed by atoms with Crippen LogP contribution in [0.2, 0.25) is 0 Å². The van der Waals surface area contributed by atoms with Crippen molar-refractivity contribution < 1.29 is 14.7 Å². The van der Waals surface area contributed by atoms with E-state index in [1.807, 2.05) is 26.0 Å². The second-order valence-electron chi connectivity index (χ2n) is 7.31. The predicted octanol–water partition coefficient (Wildman–Crippen LogP) is 3.31. The van der Waals surface area contributed by atoms with Crippen LogP contribution in [0.15, 0.2) is 47.4 Å². The van der Waals surface area contributed by atoms with Crippen molar-refractivity contribution in [1.82, 2.24) is 4.57 Å². The number of ether oxygens (including phenoxy) is 1. The molecule has 0 radical (unpaired) electrons. The zero-order valence-corrected chi connectivity index (χ0v) is 16.3. The molecule has 1 aromatic heterocycles. The molecule has 1 aliphatic rings. The minimum atomic E-state index is -0.806. The number of nitrogens with zero attached hydrogens (tertiary/aromatic N) is 3. The van der Waals surface area contributed by atoms with E-state index in [1.165, 1.54) is 0 Å². The molecule has 0 fully saturated rings. The Morgan fingerprint density at radius 2 is 2.07 bits per heavy atom. The SMILES string of the molecule is CC1(C)C=C(n2ccc(CCCCO[N+](=O)[O-])cc2=O)c2cc(C#N)ccc2O1. The van der Waals surface area contributed by atoms with Crippen LogP contribution in [0.4, 0.5) is 0 Å². The molecule has 8 nitrogen and oxygen atoms in total. The van der Waals surface area contributed by atoms with Gasteiger partial charge in [0, 0.05) is 17.8 Å². The van der Waals surface area contributed by atoms with E-state index in [2.05, 4.69) is 10.9 Å². The molecule has 0 unspecified atom stereocenters. The number of pyridine rings is 1. The van der Waals surface area contributed by atoms with Crippen LogP contribution in [0.3, 0.4) is 0 Å². The van der Waals surface area contributed by atoms with Gasteiger partial charge in [-0.1, -0.05) is 0 Å². The second-order valence-corrected chi connectivity index (χ2v) is 7.31. The van der Waals surface area contributed by atoms with Crippen LogP contribution in [-0.2, 0) is 11.3 Å². The Kier molecular flexibility index (Phi) is 5.69. The minimum absolute atomic E-state index is 0.0457. The van der Waals surface area contributed by atoms with Crippen LogP contribution < -0.4 is 10.3 Å². The Balaban J connectivity index is 1.85. The Morgan fingerprint density at radius 3 is 2.76 bits per heavy atom. The number of aromatic nitrogens is 1. The summed E-state index contributed by atoms with van der Waals surface area (Å²) in [7, 11) is 0. The summed E-state index contributed by atoms with van der Waals surface area (Å²) in [5.74, 6) is 0.619. The third kappa shape index (κ3) is 4.82. The van der Waals surface area contributed by atoms with Crippen LogP contribution in [0.5, 0.6) is 5.75 Å². The van der Waals surface area contributed by atoms with E-state index in [0.29, 0.717) is 41.8 Å². The van der Waals surface area contributed by atoms with Crippen molar-refractivity contribution in [1.29, 1.82) is 5.26 Å². The number of hydrogen-bond donors (Lipinski definition) is 0. The van der Waals surface area contributed by atoms with Crippen molar-refractivity contribution in [2.45, 2.75) is 38.7 Å². The molecule has 150 valence electrons. The lowest BCUT2D eigenvalue weighted by Crippen LogP contribution is -2.32. The molecule has 2 aromatic rings. The quantitative estimate of drug-likeness (QED) is 0.404. The number of aryl methyl sites for hydroxylation is 1. The summed E-state index contributed by atoms with van der Waals surface area (Å²) in [6.07, 6.45) is 5.41. The lowest BCUT2D eigenvalue weighted by atomic mass is 9.97. The molecule has 0 bridgehead atoms. The molecule has 0 N–H and O–H groups in total. The third-order valence-corrected chi connectivity index (χ3v) is 4.54. The standard InChI is InChI=1S/C21H21N3O5/c1-21(2)13-18(17-11-16(14-22)6-7-19(17)29-21)23-9-8-15(12-20(23)25)5-3-4-10-28-24(26)27/h6-9,11-13H,3-5,10H2,1-2H3. The molecule has 0 saturated carbocycles. The molecular weight excluding hydrogens is 374 g/mol. The zero-order chi connectivity index (χ0) is 21.0. The maximum Gasteiger partial charge on any atom is 0.294 e. The number of rotatable bonds is 7. The molecule has 0 saturated heterocycles. The van der Waals surface area contributed by atoms with Gasteiger partial charge in [0.15, 0.2) is 0 Å². The fourth-order valence-corrected chi connectivity index (χ4v) is 3.25. The molecule has 8 heteroatoms. The molecule has 0 atom stereocenters. The first-order valence-electron chi connectivity index (χ1n) is 9.25. The molecule has 0 amide bonds. The summed E-state index contributed by atoms with van der Waals surface area (Å²) in [5.41, 5.74) is 1.90. The van der Waals surface area contributed by atoms with Gasteiger partial charge in [-0.15, -0.1) is 10.1 Å². The first kappa shape index (κ1) is 20.1. The van der Waals surface area contributed by atoms with Gasteiger partial charge in [-0.05, 0) is 69.0 Å². The maximum absolute atomic E-state index is 12.8. The van der Waals surface area contributed by atoms with Crippen LogP contribution in [0, 0.1) is 21.4 Å². The lowest BCUT2D eigenvalue weighted by Gasteiger charge is -2.31. The smallest absolute Gasteiger partial charge is 0.294 e. The average molecular weight is 395 g/mol. The first-order valence-corrected chi connectivity index (χ1v) is 9.25. The van der Waals surface area contributed by atoms with Gasteiger partial charge in [0.05, 0.1) is 23.9 Å². The van der Waals surface area contributed by atoms with Crippen molar-refractivity contribution in [2.24, 2.45) is 0 Å². The number of benzene rings is 1. The average Bonchev–Trinajstić information content (AvgIpc) is 2.66. The molecule has 2 heterocycles. The van der Waals surface area contributed by atoms with Crippen molar-refractivity contribution in [2.75, 3.05) is 6.61 Å². The third-order valence-electron chi connectivity index (χ3n) is 4.54. The van der Waals surface area contributed by atoms with Gasteiger partial charge in [-0.3, -0.25) is 9.36 Å². The van der Waals surface area contributed by atoms with Gasteiger partial charge in [0.25, 0.3) is 10.6 Å². The normalized spacial score (nSPS) is 14.2. The zero-order valence-electron chi connectivity index (χ0n) is 16.3. The largest absolute Gasteiger partial charge is 0.483 e. The molecule has 0 aliphatic carbocycles. The van der Waals surface area contributed by atoms with Crippen LogP contribution in [0.1, 0.15) is 43.4 Å². The lowest BCUT2D eigenvalue weighted by molar-refractivity contribution is -0.757. The molecule has 0 spiro atoms. The molecule has 29 heavy (non-hydrogen) atoms. The Bertz CT molecular complexity index is 1060. The van der Waals surface area contributed by atoms with Gasteiger partial charge < -0.3 is 9.57 Å². The highest BCUT2D eigenvalue weighted by Gasteiger charge is 2.28. The van der Waals surface area contributed by atoms with Crippen LogP contribution in [0.25, 0.3) is 5.70 Å². The van der Waals surface area contributed by atoms with E-state index in [4.69, 9.17) is 4.74 Å². The van der Waals surface area contributed by atoms with E-state index in [-0.39, 0.29) is 12.2 Å². The number of fused-ring (bicyclic) bond motifs is 1. The van der Waals surface area contributed by atoms with Gasteiger partial charge in [0.2, 0.25) is 0 Å². The van der Waals surface area contributed by atoms with E-state index < -0.39 is 10.7 Å². The molecule has 3 rings (SSSR count). The summed E-state index contributed by atoms with van der Waals surface area (Å²) in [4.78, 5) is 27.2. The highest BCUT2D eigenvalue weighted by Crippen LogP contribution is 2.36. The van der Waals surface area contributed by atoms with E-state index in [9.17, 15) is 20.2 Å². The highest BCUT2D eigenvalue weighted by molar-refractivity contribution is 5.74. The minimum Gasteiger partial charge on any atom is -0.483 e. The van der Waals surface area contributed by atoms with Crippen molar-refractivity contribution in [3.05, 3.63) is 79.8 Å². The molecule has 1 aromatic carbocycles. The topological polar surface area (TPSA) is 107 Å². The number of unbranched alkanes of at least 4 members (excludes halogenated alkanes) is 1. The summed E-state index contributed by atoms with van der Waals surface area (Å²) in [5, 5.41) is 18.6. The van der Waals surface area contributed by atoms with Gasteiger partial charge in [-0.2, -0.15) is 5.26 Å². The Labute approximate surface area is 167 Å². The summed E-state index contributed by atoms with van der Waals surface area (Å²) >= 11 is 0. The van der Waals surface area contributed by atoms with Gasteiger partial charge in [-0.25, -0.2) is 0 Å². The van der Waals surface area contributed by atoms with Crippen molar-refractivity contribution in [3.8, 4) is 11.8 Å². The summed E-state index contributed by atoms with van der Waals surface area (Å²) in [6.45, 7) is 3.85. The van der Waals surface area contributed by atoms with Crippen molar-refractivity contribution >= 4 is 5.70 Å². The van der Waals surface area contributed by atoms with E-state index >= 15 is 0 Å². The first-order chi connectivity index (χ1) is 13.8.